The molecule has 3 aromatic rings. The molecular weight excluding hydrogens is 366 g/mol. The van der Waals surface area contributed by atoms with Crippen LogP contribution < -0.4 is 10.0 Å². The molecule has 26 heavy (non-hydrogen) atoms. The van der Waals surface area contributed by atoms with Crippen LogP contribution in [0.4, 0.5) is 14.5 Å². The van der Waals surface area contributed by atoms with E-state index in [4.69, 9.17) is 0 Å². The van der Waals surface area contributed by atoms with E-state index in [1.165, 1.54) is 6.07 Å². The molecule has 0 aliphatic heterocycles. The zero-order valence-electron chi connectivity index (χ0n) is 13.3. The quantitative estimate of drug-likeness (QED) is 0.682. The summed E-state index contributed by atoms with van der Waals surface area (Å²) in [6, 6.07) is 7.86. The molecule has 0 saturated carbocycles. The van der Waals surface area contributed by atoms with Gasteiger partial charge >= 0.3 is 0 Å². The van der Waals surface area contributed by atoms with Crippen molar-refractivity contribution in [1.82, 2.24) is 14.9 Å². The number of carbonyl (C=O) groups is 1. The molecule has 2 heterocycles. The summed E-state index contributed by atoms with van der Waals surface area (Å²) in [4.78, 5) is 11.8. The molecule has 2 aromatic heterocycles. The topological polar surface area (TPSA) is 92.6 Å². The Kier molecular flexibility index (Phi) is 4.85. The zero-order chi connectivity index (χ0) is 18.7. The van der Waals surface area contributed by atoms with Gasteiger partial charge in [-0.05, 0) is 30.3 Å². The number of pyridine rings is 1. The van der Waals surface area contributed by atoms with Crippen LogP contribution in [0.5, 0.6) is 0 Å². The Labute approximate surface area is 147 Å². The Morgan fingerprint density at radius 3 is 2.62 bits per heavy atom. The van der Waals surface area contributed by atoms with E-state index in [0.717, 1.165) is 18.2 Å². The van der Waals surface area contributed by atoms with Gasteiger partial charge in [-0.25, -0.2) is 21.7 Å². The van der Waals surface area contributed by atoms with E-state index in [1.54, 1.807) is 29.0 Å². The Morgan fingerprint density at radius 2 is 1.88 bits per heavy atom. The van der Waals surface area contributed by atoms with Crippen molar-refractivity contribution in [2.75, 3.05) is 17.0 Å². The van der Waals surface area contributed by atoms with Crippen molar-refractivity contribution in [3.63, 3.8) is 0 Å². The third kappa shape index (κ3) is 3.97. The van der Waals surface area contributed by atoms with Crippen LogP contribution in [0.1, 0.15) is 10.4 Å². The van der Waals surface area contributed by atoms with Gasteiger partial charge in [0.1, 0.15) is 17.2 Å². The van der Waals surface area contributed by atoms with E-state index < -0.39 is 38.9 Å². The third-order valence-corrected chi connectivity index (χ3v) is 4.81. The summed E-state index contributed by atoms with van der Waals surface area (Å²) in [5.74, 6) is -3.51. The van der Waals surface area contributed by atoms with Crippen LogP contribution in [0.25, 0.3) is 5.52 Å². The zero-order valence-corrected chi connectivity index (χ0v) is 14.1. The molecule has 10 heteroatoms. The highest BCUT2D eigenvalue weighted by Gasteiger charge is 2.18. The van der Waals surface area contributed by atoms with E-state index in [2.05, 4.69) is 15.1 Å². The van der Waals surface area contributed by atoms with Crippen LogP contribution in [0.3, 0.4) is 0 Å². The summed E-state index contributed by atoms with van der Waals surface area (Å²) in [5, 5.41) is 6.19. The Hall–Kier alpha value is -3.01. The standard InChI is InChI=1S/C16H14F2N4O3S/c17-13-2-1-3-14(18)15(13)16(23)19-7-9-26(24,25)21-11-5-8-22-12(10-11)4-6-20-22/h1-6,8,10,21H,7,9H2,(H,19,23). The average Bonchev–Trinajstić information content (AvgIpc) is 3.01. The first-order chi connectivity index (χ1) is 12.4. The van der Waals surface area contributed by atoms with Crippen LogP contribution in [-0.4, -0.2) is 36.2 Å². The Morgan fingerprint density at radius 1 is 1.15 bits per heavy atom. The lowest BCUT2D eigenvalue weighted by molar-refractivity contribution is 0.0947. The summed E-state index contributed by atoms with van der Waals surface area (Å²) < 4.78 is 55.1. The molecule has 136 valence electrons. The summed E-state index contributed by atoms with van der Waals surface area (Å²) in [6.45, 7) is -0.309. The van der Waals surface area contributed by atoms with E-state index >= 15 is 0 Å². The molecule has 3 rings (SSSR count). The van der Waals surface area contributed by atoms with Crippen molar-refractivity contribution in [3.05, 3.63) is 66.0 Å². The second-order valence-corrected chi connectivity index (χ2v) is 7.23. The molecule has 1 aromatic carbocycles. The molecule has 7 nitrogen and oxygen atoms in total. The van der Waals surface area contributed by atoms with Crippen LogP contribution >= 0.6 is 0 Å². The highest BCUT2D eigenvalue weighted by Crippen LogP contribution is 2.13. The van der Waals surface area contributed by atoms with Crippen molar-refractivity contribution in [2.24, 2.45) is 0 Å². The smallest absolute Gasteiger partial charge is 0.257 e. The molecule has 0 fully saturated rings. The number of nitrogens with zero attached hydrogens (tertiary/aromatic N) is 2. The SMILES string of the molecule is O=C(NCCS(=O)(=O)Nc1ccn2nccc2c1)c1c(F)cccc1F. The first kappa shape index (κ1) is 17.8. The van der Waals surface area contributed by atoms with Gasteiger partial charge < -0.3 is 5.32 Å². The molecule has 0 aliphatic rings. The molecule has 0 atom stereocenters. The number of nitrogens with one attached hydrogen (secondary N) is 2. The van der Waals surface area contributed by atoms with Crippen molar-refractivity contribution in [2.45, 2.75) is 0 Å². The maximum Gasteiger partial charge on any atom is 0.257 e. The summed E-state index contributed by atoms with van der Waals surface area (Å²) in [7, 11) is -3.77. The number of hydrogen-bond acceptors (Lipinski definition) is 4. The largest absolute Gasteiger partial charge is 0.351 e. The molecule has 0 spiro atoms. The average molecular weight is 380 g/mol. The van der Waals surface area contributed by atoms with Crippen molar-refractivity contribution in [3.8, 4) is 0 Å². The Balaban J connectivity index is 1.60. The summed E-state index contributed by atoms with van der Waals surface area (Å²) in [5.41, 5.74) is 0.294. The second kappa shape index (κ2) is 7.08. The molecule has 0 saturated heterocycles. The normalized spacial score (nSPS) is 11.5. The first-order valence-electron chi connectivity index (χ1n) is 7.52. The minimum absolute atomic E-state index is 0.309. The molecular formula is C16H14F2N4O3S. The maximum absolute atomic E-state index is 13.5. The molecule has 0 radical (unpaired) electrons. The monoisotopic (exact) mass is 380 g/mol. The third-order valence-electron chi connectivity index (χ3n) is 3.52. The van der Waals surface area contributed by atoms with E-state index in [-0.39, 0.29) is 6.54 Å². The lowest BCUT2D eigenvalue weighted by Crippen LogP contribution is -2.32. The predicted octanol–water partition coefficient (Wildman–Crippen LogP) is 1.78. The van der Waals surface area contributed by atoms with Crippen LogP contribution in [0.15, 0.2) is 48.8 Å². The van der Waals surface area contributed by atoms with E-state index in [1.807, 2.05) is 0 Å². The summed E-state index contributed by atoms with van der Waals surface area (Å²) in [6.07, 6.45) is 3.17. The van der Waals surface area contributed by atoms with Gasteiger partial charge in [-0.15, -0.1) is 0 Å². The number of amides is 1. The number of carbonyl (C=O) groups excluding carboxylic acids is 1. The van der Waals surface area contributed by atoms with Gasteiger partial charge in [0.15, 0.2) is 0 Å². The van der Waals surface area contributed by atoms with E-state index in [0.29, 0.717) is 11.2 Å². The van der Waals surface area contributed by atoms with Crippen molar-refractivity contribution in [1.29, 1.82) is 0 Å². The van der Waals surface area contributed by atoms with Crippen LogP contribution in [0, 0.1) is 11.6 Å². The number of aromatic nitrogens is 2. The minimum Gasteiger partial charge on any atom is -0.351 e. The van der Waals surface area contributed by atoms with E-state index in [9.17, 15) is 22.0 Å². The molecule has 0 unspecified atom stereocenters. The molecule has 1 amide bonds. The fraction of sp³-hybridized carbons (Fsp3) is 0.125. The van der Waals surface area contributed by atoms with Crippen molar-refractivity contribution < 1.29 is 22.0 Å². The van der Waals surface area contributed by atoms with Gasteiger partial charge in [0.25, 0.3) is 5.91 Å². The maximum atomic E-state index is 13.5. The van der Waals surface area contributed by atoms with Gasteiger partial charge in [0, 0.05) is 18.9 Å². The number of fused-ring (bicyclic) bond motifs is 1. The number of anilines is 1. The van der Waals surface area contributed by atoms with Gasteiger partial charge in [-0.1, -0.05) is 6.07 Å². The Bertz CT molecular complexity index is 1050. The minimum atomic E-state index is -3.77. The first-order valence-corrected chi connectivity index (χ1v) is 9.17. The van der Waals surface area contributed by atoms with Crippen molar-refractivity contribution >= 4 is 27.1 Å². The number of halogens is 2. The van der Waals surface area contributed by atoms with Gasteiger partial charge in [-0.2, -0.15) is 5.10 Å². The fourth-order valence-electron chi connectivity index (χ4n) is 2.32. The summed E-state index contributed by atoms with van der Waals surface area (Å²) >= 11 is 0. The molecule has 2 N–H and O–H groups in total. The molecule has 0 aliphatic carbocycles. The second-order valence-electron chi connectivity index (χ2n) is 5.39. The van der Waals surface area contributed by atoms with Crippen LogP contribution in [0.2, 0.25) is 0 Å². The highest BCUT2D eigenvalue weighted by molar-refractivity contribution is 7.92. The highest BCUT2D eigenvalue weighted by atomic mass is 32.2. The fourth-order valence-corrected chi connectivity index (χ4v) is 3.28. The molecule has 0 bridgehead atoms. The lowest BCUT2D eigenvalue weighted by Gasteiger charge is -2.10. The van der Waals surface area contributed by atoms with Crippen LogP contribution in [-0.2, 0) is 10.0 Å². The number of rotatable bonds is 6. The number of hydrogen-bond donors (Lipinski definition) is 2. The number of sulfonamides is 1. The van der Waals surface area contributed by atoms with Gasteiger partial charge in [0.2, 0.25) is 10.0 Å². The van der Waals surface area contributed by atoms with Gasteiger partial charge in [-0.3, -0.25) is 9.52 Å². The lowest BCUT2D eigenvalue weighted by atomic mass is 10.2. The number of benzene rings is 1. The van der Waals surface area contributed by atoms with Gasteiger partial charge in [0.05, 0.1) is 17.0 Å². The predicted molar refractivity (Wildman–Crippen MR) is 91.3 cm³/mol.